The topological polar surface area (TPSA) is 16.1 Å². The normalized spacial score (nSPS) is 16.6. The van der Waals surface area contributed by atoms with Crippen molar-refractivity contribution in [2.24, 2.45) is 0 Å². The highest BCUT2D eigenvalue weighted by Gasteiger charge is 2.25. The minimum atomic E-state index is 0.595. The van der Waals surface area contributed by atoms with Crippen LogP contribution in [0.25, 0.3) is 10.9 Å². The van der Waals surface area contributed by atoms with E-state index in [1.807, 2.05) is 12.3 Å². The lowest BCUT2D eigenvalue weighted by molar-refractivity contribution is 0.146. The molecule has 0 atom stereocenters. The third kappa shape index (κ3) is 2.71. The first-order chi connectivity index (χ1) is 9.75. The summed E-state index contributed by atoms with van der Waals surface area (Å²) in [5.74, 6) is 0. The van der Waals surface area contributed by atoms with Crippen molar-refractivity contribution >= 4 is 10.9 Å². The fraction of sp³-hybridized carbons (Fsp3) is 0.500. The molecule has 0 N–H and O–H groups in total. The third-order valence-corrected chi connectivity index (χ3v) is 4.53. The zero-order chi connectivity index (χ0) is 13.9. The Morgan fingerprint density at radius 3 is 2.65 bits per heavy atom. The molecule has 1 aromatic heterocycles. The molecule has 0 saturated heterocycles. The van der Waals surface area contributed by atoms with Gasteiger partial charge in [0.05, 0.1) is 5.52 Å². The van der Waals surface area contributed by atoms with Crippen LogP contribution in [0.4, 0.5) is 0 Å². The standard InChI is InChI=1S/C18H24N2/c1-14(2)20(17-10-3-4-11-17)13-16-8-5-7-15-9-6-12-19-18(15)16/h5-9,12,14,17H,3-4,10-11,13H2,1-2H3. The van der Waals surface area contributed by atoms with Crippen molar-refractivity contribution in [1.29, 1.82) is 0 Å². The molecule has 1 aromatic carbocycles. The molecule has 1 fully saturated rings. The Hall–Kier alpha value is -1.41. The first kappa shape index (κ1) is 13.6. The largest absolute Gasteiger partial charge is 0.294 e. The second kappa shape index (κ2) is 5.92. The van der Waals surface area contributed by atoms with Gasteiger partial charge in [0.1, 0.15) is 0 Å². The molecule has 106 valence electrons. The molecule has 0 amide bonds. The van der Waals surface area contributed by atoms with Crippen molar-refractivity contribution in [3.63, 3.8) is 0 Å². The minimum absolute atomic E-state index is 0.595. The molecular weight excluding hydrogens is 244 g/mol. The molecule has 0 aliphatic heterocycles. The summed E-state index contributed by atoms with van der Waals surface area (Å²) < 4.78 is 0. The quantitative estimate of drug-likeness (QED) is 0.817. The highest BCUT2D eigenvalue weighted by Crippen LogP contribution is 2.28. The number of benzene rings is 1. The van der Waals surface area contributed by atoms with Crippen LogP contribution in [0.5, 0.6) is 0 Å². The van der Waals surface area contributed by atoms with Gasteiger partial charge >= 0.3 is 0 Å². The smallest absolute Gasteiger partial charge is 0.0746 e. The van der Waals surface area contributed by atoms with Crippen LogP contribution in [-0.4, -0.2) is 22.0 Å². The molecule has 20 heavy (non-hydrogen) atoms. The van der Waals surface area contributed by atoms with E-state index < -0.39 is 0 Å². The van der Waals surface area contributed by atoms with Crippen LogP contribution in [0.3, 0.4) is 0 Å². The van der Waals surface area contributed by atoms with Crippen molar-refractivity contribution in [3.8, 4) is 0 Å². The molecule has 1 aliphatic rings. The monoisotopic (exact) mass is 268 g/mol. The lowest BCUT2D eigenvalue weighted by Gasteiger charge is -2.32. The predicted molar refractivity (Wildman–Crippen MR) is 84.7 cm³/mol. The second-order valence-electron chi connectivity index (χ2n) is 6.20. The summed E-state index contributed by atoms with van der Waals surface area (Å²) in [5, 5.41) is 1.25. The number of hydrogen-bond acceptors (Lipinski definition) is 2. The summed E-state index contributed by atoms with van der Waals surface area (Å²) in [6.07, 6.45) is 7.40. The Morgan fingerprint density at radius 1 is 1.15 bits per heavy atom. The highest BCUT2D eigenvalue weighted by atomic mass is 15.2. The molecule has 1 saturated carbocycles. The maximum absolute atomic E-state index is 4.59. The molecular formula is C18H24N2. The van der Waals surface area contributed by atoms with Gasteiger partial charge in [-0.3, -0.25) is 9.88 Å². The molecule has 1 aliphatic carbocycles. The maximum Gasteiger partial charge on any atom is 0.0746 e. The summed E-state index contributed by atoms with van der Waals surface area (Å²) in [6.45, 7) is 5.66. The van der Waals surface area contributed by atoms with Gasteiger partial charge < -0.3 is 0 Å². The molecule has 0 radical (unpaired) electrons. The first-order valence-corrected chi connectivity index (χ1v) is 7.84. The van der Waals surface area contributed by atoms with Gasteiger partial charge in [0.15, 0.2) is 0 Å². The second-order valence-corrected chi connectivity index (χ2v) is 6.20. The molecule has 0 unspecified atom stereocenters. The van der Waals surface area contributed by atoms with Gasteiger partial charge in [-0.15, -0.1) is 0 Å². The van der Waals surface area contributed by atoms with Gasteiger partial charge in [0.25, 0.3) is 0 Å². The van der Waals surface area contributed by atoms with Crippen molar-refractivity contribution in [2.45, 2.75) is 58.2 Å². The Kier molecular flexibility index (Phi) is 4.02. The number of aromatic nitrogens is 1. The number of fused-ring (bicyclic) bond motifs is 1. The molecule has 2 heteroatoms. The maximum atomic E-state index is 4.59. The average Bonchev–Trinajstić information content (AvgIpc) is 2.98. The molecule has 0 spiro atoms. The number of pyridine rings is 1. The molecule has 1 heterocycles. The van der Waals surface area contributed by atoms with Gasteiger partial charge in [-0.1, -0.05) is 37.1 Å². The summed E-state index contributed by atoms with van der Waals surface area (Å²) in [4.78, 5) is 7.26. The van der Waals surface area contributed by atoms with Crippen LogP contribution < -0.4 is 0 Å². The Morgan fingerprint density at radius 2 is 1.90 bits per heavy atom. The zero-order valence-electron chi connectivity index (χ0n) is 12.5. The first-order valence-electron chi connectivity index (χ1n) is 7.84. The summed E-state index contributed by atoms with van der Waals surface area (Å²) in [5.41, 5.74) is 2.53. The average molecular weight is 268 g/mol. The zero-order valence-corrected chi connectivity index (χ0v) is 12.5. The van der Waals surface area contributed by atoms with Crippen LogP contribution in [0, 0.1) is 0 Å². The Balaban J connectivity index is 1.90. The number of rotatable bonds is 4. The van der Waals surface area contributed by atoms with Gasteiger partial charge in [-0.2, -0.15) is 0 Å². The summed E-state index contributed by atoms with van der Waals surface area (Å²) >= 11 is 0. The van der Waals surface area contributed by atoms with Crippen LogP contribution in [-0.2, 0) is 6.54 Å². The SMILES string of the molecule is CC(C)N(Cc1cccc2cccnc12)C1CCCC1. The lowest BCUT2D eigenvalue weighted by Crippen LogP contribution is -2.38. The van der Waals surface area contributed by atoms with E-state index in [4.69, 9.17) is 0 Å². The minimum Gasteiger partial charge on any atom is -0.294 e. The van der Waals surface area contributed by atoms with Crippen molar-refractivity contribution < 1.29 is 0 Å². The lowest BCUT2D eigenvalue weighted by atomic mass is 10.1. The van der Waals surface area contributed by atoms with Crippen LogP contribution in [0.1, 0.15) is 45.1 Å². The van der Waals surface area contributed by atoms with Gasteiger partial charge in [0, 0.05) is 30.2 Å². The van der Waals surface area contributed by atoms with E-state index in [1.165, 1.54) is 42.1 Å². The van der Waals surface area contributed by atoms with E-state index >= 15 is 0 Å². The van der Waals surface area contributed by atoms with Gasteiger partial charge in [0.2, 0.25) is 0 Å². The summed E-state index contributed by atoms with van der Waals surface area (Å²) in [7, 11) is 0. The fourth-order valence-electron chi connectivity index (χ4n) is 3.46. The van der Waals surface area contributed by atoms with E-state index in [-0.39, 0.29) is 0 Å². The fourth-order valence-corrected chi connectivity index (χ4v) is 3.46. The number of para-hydroxylation sites is 1. The Labute approximate surface area is 121 Å². The van der Waals surface area contributed by atoms with Crippen LogP contribution in [0.15, 0.2) is 36.5 Å². The van der Waals surface area contributed by atoms with Crippen molar-refractivity contribution in [3.05, 3.63) is 42.1 Å². The molecule has 3 rings (SSSR count). The third-order valence-electron chi connectivity index (χ3n) is 4.53. The predicted octanol–water partition coefficient (Wildman–Crippen LogP) is 4.39. The highest BCUT2D eigenvalue weighted by molar-refractivity contribution is 5.81. The van der Waals surface area contributed by atoms with Gasteiger partial charge in [-0.05, 0) is 38.3 Å². The Bertz CT molecular complexity index is 565. The number of hydrogen-bond donors (Lipinski definition) is 0. The molecule has 2 nitrogen and oxygen atoms in total. The van der Waals surface area contributed by atoms with E-state index in [0.717, 1.165) is 12.6 Å². The van der Waals surface area contributed by atoms with Crippen molar-refractivity contribution in [2.75, 3.05) is 0 Å². The van der Waals surface area contributed by atoms with Crippen molar-refractivity contribution in [1.82, 2.24) is 9.88 Å². The van der Waals surface area contributed by atoms with E-state index in [1.54, 1.807) is 0 Å². The summed E-state index contributed by atoms with van der Waals surface area (Å²) in [6, 6.07) is 12.1. The van der Waals surface area contributed by atoms with Crippen LogP contribution >= 0.6 is 0 Å². The van der Waals surface area contributed by atoms with Gasteiger partial charge in [-0.25, -0.2) is 0 Å². The van der Waals surface area contributed by atoms with E-state index in [0.29, 0.717) is 6.04 Å². The molecule has 2 aromatic rings. The van der Waals surface area contributed by atoms with Crippen LogP contribution in [0.2, 0.25) is 0 Å². The molecule has 0 bridgehead atoms. The van der Waals surface area contributed by atoms with E-state index in [9.17, 15) is 0 Å². The number of nitrogens with zero attached hydrogens (tertiary/aromatic N) is 2. The van der Waals surface area contributed by atoms with E-state index in [2.05, 4.69) is 48.0 Å².